The molecule has 4 nitrogen and oxygen atoms in total. The fraction of sp³-hybridized carbons (Fsp3) is 0.400. The molecule has 0 unspecified atom stereocenters. The third-order valence-corrected chi connectivity index (χ3v) is 6.62. The molecule has 0 aliphatic rings. The van der Waals surface area contributed by atoms with Crippen LogP contribution in [0.3, 0.4) is 0 Å². The number of thiazole rings is 1. The predicted molar refractivity (Wildman–Crippen MR) is 125 cm³/mol. The van der Waals surface area contributed by atoms with Crippen LogP contribution in [-0.2, 0) is 17.6 Å². The van der Waals surface area contributed by atoms with E-state index >= 15 is 0 Å². The molecule has 0 radical (unpaired) electrons. The quantitative estimate of drug-likeness (QED) is 0.446. The van der Waals surface area contributed by atoms with Gasteiger partial charge < -0.3 is 4.90 Å². The van der Waals surface area contributed by atoms with E-state index in [4.69, 9.17) is 16.6 Å². The van der Waals surface area contributed by atoms with Gasteiger partial charge in [-0.1, -0.05) is 42.0 Å². The Morgan fingerprint density at radius 1 is 1.14 bits per heavy atom. The first kappa shape index (κ1) is 23.1. The Labute approximate surface area is 185 Å². The summed E-state index contributed by atoms with van der Waals surface area (Å²) in [5, 5.41) is 0.789. The van der Waals surface area contributed by atoms with Crippen molar-refractivity contribution in [2.75, 3.05) is 32.1 Å². The number of aryl methyl sites for hydroxylation is 1. The number of hydrogen-bond donors (Lipinski definition) is 0. The molecule has 0 spiro atoms. The standard InChI is InChI=1S/C20H24ClN3OS2.ClH/c1-4-14-7-5-8-16-19(14)22-20(27-16)24(12-6-11-23(2)3)18(25)13-15-9-10-17(21)26-15;/h5,7-10H,4,6,11-13H2,1-3H3;1H. The molecule has 3 aromatic rings. The second-order valence-corrected chi connectivity index (χ2v) is 9.51. The monoisotopic (exact) mass is 457 g/mol. The number of aromatic nitrogens is 1. The zero-order chi connectivity index (χ0) is 19.4. The molecule has 28 heavy (non-hydrogen) atoms. The highest BCUT2D eigenvalue weighted by Gasteiger charge is 2.21. The van der Waals surface area contributed by atoms with E-state index in [2.05, 4.69) is 30.0 Å². The number of para-hydroxylation sites is 1. The second kappa shape index (κ2) is 10.6. The van der Waals surface area contributed by atoms with Crippen LogP contribution >= 0.6 is 46.7 Å². The Balaban J connectivity index is 0.00000280. The summed E-state index contributed by atoms with van der Waals surface area (Å²) < 4.78 is 1.85. The normalized spacial score (nSPS) is 11.0. The van der Waals surface area contributed by atoms with Gasteiger partial charge in [0.1, 0.15) is 0 Å². The molecule has 152 valence electrons. The molecular formula is C20H25Cl2N3OS2. The highest BCUT2D eigenvalue weighted by Crippen LogP contribution is 2.32. The van der Waals surface area contributed by atoms with Crippen LogP contribution in [0, 0.1) is 0 Å². The van der Waals surface area contributed by atoms with Crippen molar-refractivity contribution < 1.29 is 4.79 Å². The van der Waals surface area contributed by atoms with Crippen molar-refractivity contribution in [2.45, 2.75) is 26.2 Å². The van der Waals surface area contributed by atoms with Crippen molar-refractivity contribution in [1.29, 1.82) is 0 Å². The summed E-state index contributed by atoms with van der Waals surface area (Å²) in [5.41, 5.74) is 2.24. The minimum absolute atomic E-state index is 0. The zero-order valence-corrected chi connectivity index (χ0v) is 19.5. The summed E-state index contributed by atoms with van der Waals surface area (Å²) in [6, 6.07) is 10.0. The highest BCUT2D eigenvalue weighted by molar-refractivity contribution is 7.22. The zero-order valence-electron chi connectivity index (χ0n) is 16.3. The number of halogens is 2. The van der Waals surface area contributed by atoms with Crippen LogP contribution in [0.5, 0.6) is 0 Å². The van der Waals surface area contributed by atoms with Gasteiger partial charge in [-0.2, -0.15) is 0 Å². The van der Waals surface area contributed by atoms with E-state index in [1.54, 1.807) is 11.3 Å². The van der Waals surface area contributed by atoms with E-state index in [0.717, 1.165) is 39.6 Å². The maximum atomic E-state index is 13.1. The molecule has 0 saturated carbocycles. The molecular weight excluding hydrogens is 433 g/mol. The first-order valence-electron chi connectivity index (χ1n) is 9.05. The average molecular weight is 458 g/mol. The van der Waals surface area contributed by atoms with Crippen LogP contribution in [0.4, 0.5) is 5.13 Å². The van der Waals surface area contributed by atoms with Crippen LogP contribution in [0.15, 0.2) is 30.3 Å². The molecule has 2 aromatic heterocycles. The largest absolute Gasteiger partial charge is 0.309 e. The summed E-state index contributed by atoms with van der Waals surface area (Å²) in [4.78, 5) is 22.9. The summed E-state index contributed by atoms with van der Waals surface area (Å²) >= 11 is 9.08. The number of hydrogen-bond acceptors (Lipinski definition) is 5. The lowest BCUT2D eigenvalue weighted by atomic mass is 10.1. The molecule has 0 aliphatic heterocycles. The topological polar surface area (TPSA) is 36.4 Å². The smallest absolute Gasteiger partial charge is 0.234 e. The highest BCUT2D eigenvalue weighted by atomic mass is 35.5. The first-order chi connectivity index (χ1) is 13.0. The Morgan fingerprint density at radius 3 is 2.57 bits per heavy atom. The molecule has 1 amide bonds. The minimum Gasteiger partial charge on any atom is -0.309 e. The summed E-state index contributed by atoms with van der Waals surface area (Å²) in [6.45, 7) is 3.73. The van der Waals surface area contributed by atoms with Crippen molar-refractivity contribution in [3.8, 4) is 0 Å². The molecule has 0 fully saturated rings. The number of carbonyl (C=O) groups excluding carboxylic acids is 1. The van der Waals surface area contributed by atoms with Crippen molar-refractivity contribution in [1.82, 2.24) is 9.88 Å². The van der Waals surface area contributed by atoms with E-state index in [9.17, 15) is 4.79 Å². The van der Waals surface area contributed by atoms with Gasteiger partial charge in [-0.25, -0.2) is 4.98 Å². The van der Waals surface area contributed by atoms with Crippen molar-refractivity contribution in [3.63, 3.8) is 0 Å². The molecule has 3 rings (SSSR count). The number of anilines is 1. The van der Waals surface area contributed by atoms with Gasteiger partial charge in [0.15, 0.2) is 5.13 Å². The van der Waals surface area contributed by atoms with Gasteiger partial charge in [0.25, 0.3) is 0 Å². The first-order valence-corrected chi connectivity index (χ1v) is 11.1. The number of rotatable bonds is 8. The molecule has 0 aliphatic carbocycles. The van der Waals surface area contributed by atoms with Gasteiger partial charge in [-0.3, -0.25) is 9.69 Å². The predicted octanol–water partition coefficient (Wildman–Crippen LogP) is 5.52. The van der Waals surface area contributed by atoms with E-state index < -0.39 is 0 Å². The second-order valence-electron chi connectivity index (χ2n) is 6.70. The molecule has 0 saturated heterocycles. The number of benzene rings is 1. The Kier molecular flexibility index (Phi) is 8.71. The molecule has 0 bridgehead atoms. The van der Waals surface area contributed by atoms with E-state index in [-0.39, 0.29) is 18.3 Å². The number of amides is 1. The van der Waals surface area contributed by atoms with Gasteiger partial charge in [-0.05, 0) is 57.2 Å². The average Bonchev–Trinajstić information content (AvgIpc) is 3.23. The summed E-state index contributed by atoms with van der Waals surface area (Å²) in [5.74, 6) is 0.0735. The fourth-order valence-electron chi connectivity index (χ4n) is 2.96. The van der Waals surface area contributed by atoms with Crippen LogP contribution in [0.2, 0.25) is 4.34 Å². The summed E-state index contributed by atoms with van der Waals surface area (Å²) in [7, 11) is 4.09. The Hall–Kier alpha value is -1.18. The number of carbonyl (C=O) groups is 1. The molecule has 8 heteroatoms. The third kappa shape index (κ3) is 5.67. The third-order valence-electron chi connectivity index (χ3n) is 4.35. The lowest BCUT2D eigenvalue weighted by molar-refractivity contribution is -0.118. The molecule has 0 N–H and O–H groups in total. The molecule has 0 atom stereocenters. The SMILES string of the molecule is CCc1cccc2sc(N(CCCN(C)C)C(=O)Cc3ccc(Cl)s3)nc12.Cl. The van der Waals surface area contributed by atoms with Crippen molar-refractivity contribution >= 4 is 67.9 Å². The molecule has 1 aromatic carbocycles. The molecule has 2 heterocycles. The van der Waals surface area contributed by atoms with E-state index in [0.29, 0.717) is 17.3 Å². The van der Waals surface area contributed by atoms with Gasteiger partial charge in [-0.15, -0.1) is 23.7 Å². The lowest BCUT2D eigenvalue weighted by Crippen LogP contribution is -2.34. The van der Waals surface area contributed by atoms with E-state index in [1.165, 1.54) is 16.9 Å². The summed E-state index contributed by atoms with van der Waals surface area (Å²) in [6.07, 6.45) is 2.19. The fourth-order valence-corrected chi connectivity index (χ4v) is 5.09. The maximum absolute atomic E-state index is 13.1. The van der Waals surface area contributed by atoms with Crippen molar-refractivity contribution in [3.05, 3.63) is 45.1 Å². The van der Waals surface area contributed by atoms with Crippen LogP contribution < -0.4 is 4.90 Å². The van der Waals surface area contributed by atoms with Gasteiger partial charge >= 0.3 is 0 Å². The van der Waals surface area contributed by atoms with Crippen LogP contribution in [0.25, 0.3) is 10.2 Å². The maximum Gasteiger partial charge on any atom is 0.234 e. The van der Waals surface area contributed by atoms with Gasteiger partial charge in [0, 0.05) is 11.4 Å². The van der Waals surface area contributed by atoms with E-state index in [1.807, 2.05) is 31.1 Å². The minimum atomic E-state index is 0. The number of fused-ring (bicyclic) bond motifs is 1. The van der Waals surface area contributed by atoms with Gasteiger partial charge in [0.05, 0.1) is 21.0 Å². The number of nitrogens with zero attached hydrogens (tertiary/aromatic N) is 3. The van der Waals surface area contributed by atoms with Gasteiger partial charge in [0.2, 0.25) is 5.91 Å². The van der Waals surface area contributed by atoms with Crippen LogP contribution in [0.1, 0.15) is 23.8 Å². The van der Waals surface area contributed by atoms with Crippen molar-refractivity contribution in [2.24, 2.45) is 0 Å². The Bertz CT molecular complexity index is 923. The Morgan fingerprint density at radius 2 is 1.93 bits per heavy atom. The van der Waals surface area contributed by atoms with Crippen LogP contribution in [-0.4, -0.2) is 43.0 Å². The number of thiophene rings is 1. The lowest BCUT2D eigenvalue weighted by Gasteiger charge is -2.20.